The van der Waals surface area contributed by atoms with Gasteiger partial charge in [-0.25, -0.2) is 0 Å². The minimum atomic E-state index is -4.74. The van der Waals surface area contributed by atoms with Gasteiger partial charge < -0.3 is 0 Å². The number of ketones is 1. The van der Waals surface area contributed by atoms with Gasteiger partial charge in [0, 0.05) is 17.8 Å². The van der Waals surface area contributed by atoms with E-state index in [0.29, 0.717) is 5.56 Å². The fourth-order valence-electron chi connectivity index (χ4n) is 2.96. The van der Waals surface area contributed by atoms with Gasteiger partial charge in [0.15, 0.2) is 5.78 Å². The molecule has 0 unspecified atom stereocenters. The first kappa shape index (κ1) is 23.2. The minimum Gasteiger partial charge on any atom is -0.293 e. The predicted molar refractivity (Wildman–Crippen MR) is 115 cm³/mol. The van der Waals surface area contributed by atoms with Crippen molar-refractivity contribution in [1.29, 1.82) is 5.26 Å². The zero-order valence-electron chi connectivity index (χ0n) is 17.4. The molecule has 0 aliphatic carbocycles. The molecule has 0 bridgehead atoms. The van der Waals surface area contributed by atoms with E-state index in [9.17, 15) is 28.0 Å². The zero-order chi connectivity index (χ0) is 23.7. The van der Waals surface area contributed by atoms with Crippen LogP contribution in [-0.4, -0.2) is 15.3 Å². The van der Waals surface area contributed by atoms with Crippen LogP contribution in [0.25, 0.3) is 17.3 Å². The summed E-state index contributed by atoms with van der Waals surface area (Å²) in [6.07, 6.45) is -0.242. The molecule has 0 saturated heterocycles. The number of thiazole rings is 1. The Bertz CT molecular complexity index is 1390. The van der Waals surface area contributed by atoms with Gasteiger partial charge in [-0.05, 0) is 35.9 Å². The topological polar surface area (TPSA) is 75.8 Å². The number of pyridine rings is 1. The van der Waals surface area contributed by atoms with Gasteiger partial charge in [0.25, 0.3) is 5.56 Å². The first-order valence-electron chi connectivity index (χ1n) is 9.44. The van der Waals surface area contributed by atoms with E-state index in [1.54, 1.807) is 32.9 Å². The molecular formula is C23H18F3N3O2S. The molecule has 3 rings (SSSR count). The lowest BCUT2D eigenvalue weighted by Crippen LogP contribution is -2.34. The minimum absolute atomic E-state index is 0.0811. The van der Waals surface area contributed by atoms with Gasteiger partial charge in [-0.1, -0.05) is 32.9 Å². The predicted octanol–water partition coefficient (Wildman–Crippen LogP) is 3.43. The number of hydrogen-bond donors (Lipinski definition) is 0. The summed E-state index contributed by atoms with van der Waals surface area (Å²) in [6.45, 7) is 4.78. The molecule has 9 heteroatoms. The number of alkyl halides is 3. The molecule has 164 valence electrons. The fraction of sp³-hybridized carbons (Fsp3) is 0.217. The number of nitrogens with zero attached hydrogens (tertiary/aromatic N) is 3. The van der Waals surface area contributed by atoms with Crippen molar-refractivity contribution in [2.45, 2.75) is 26.9 Å². The normalized spacial score (nSPS) is 13.6. The number of nitriles is 1. The van der Waals surface area contributed by atoms with E-state index in [1.807, 2.05) is 6.07 Å². The maximum atomic E-state index is 13.7. The van der Waals surface area contributed by atoms with Gasteiger partial charge in [-0.3, -0.25) is 19.1 Å². The molecule has 2 heterocycles. The average Bonchev–Trinajstić information content (AvgIpc) is 3.03. The van der Waals surface area contributed by atoms with Crippen molar-refractivity contribution >= 4 is 28.8 Å². The van der Waals surface area contributed by atoms with Crippen molar-refractivity contribution in [3.63, 3.8) is 0 Å². The maximum Gasteiger partial charge on any atom is 0.418 e. The summed E-state index contributed by atoms with van der Waals surface area (Å²) >= 11 is 0.799. The Labute approximate surface area is 185 Å². The van der Waals surface area contributed by atoms with Crippen LogP contribution in [0.3, 0.4) is 0 Å². The standard InChI is InChI=1S/C23H18F3N3O2S/c1-22(2,3)19(30)15(13-27)21-29(17-7-5-4-6-16(17)23(24,25)26)20(31)18(32-21)12-14-8-10-28-11-9-14/h4-12H,1-3H3. The highest BCUT2D eigenvalue weighted by atomic mass is 32.1. The van der Waals surface area contributed by atoms with Crippen LogP contribution in [0.4, 0.5) is 13.2 Å². The smallest absolute Gasteiger partial charge is 0.293 e. The Morgan fingerprint density at radius 2 is 1.75 bits per heavy atom. The second-order valence-corrected chi connectivity index (χ2v) is 8.95. The van der Waals surface area contributed by atoms with E-state index < -0.39 is 34.2 Å². The summed E-state index contributed by atoms with van der Waals surface area (Å²) in [4.78, 5) is 30.1. The number of halogens is 3. The van der Waals surface area contributed by atoms with Crippen LogP contribution in [0.2, 0.25) is 0 Å². The Kier molecular flexibility index (Phi) is 6.19. The third-order valence-corrected chi connectivity index (χ3v) is 5.60. The number of benzene rings is 1. The first-order chi connectivity index (χ1) is 14.9. The van der Waals surface area contributed by atoms with E-state index >= 15 is 0 Å². The van der Waals surface area contributed by atoms with Gasteiger partial charge in [-0.15, -0.1) is 11.3 Å². The first-order valence-corrected chi connectivity index (χ1v) is 10.3. The molecule has 2 aromatic heterocycles. The second-order valence-electron chi connectivity index (χ2n) is 7.92. The lowest BCUT2D eigenvalue weighted by Gasteiger charge is -2.16. The van der Waals surface area contributed by atoms with E-state index in [1.165, 1.54) is 30.6 Å². The van der Waals surface area contributed by atoms with Crippen LogP contribution in [0.1, 0.15) is 31.9 Å². The van der Waals surface area contributed by atoms with Gasteiger partial charge in [-0.2, -0.15) is 18.4 Å². The van der Waals surface area contributed by atoms with Crippen molar-refractivity contribution in [3.05, 3.63) is 79.5 Å². The van der Waals surface area contributed by atoms with Gasteiger partial charge in [0.2, 0.25) is 0 Å². The molecular weight excluding hydrogens is 439 g/mol. The zero-order valence-corrected chi connectivity index (χ0v) is 18.2. The van der Waals surface area contributed by atoms with Crippen LogP contribution in [0, 0.1) is 16.7 Å². The van der Waals surface area contributed by atoms with Crippen LogP contribution in [0.15, 0.2) is 53.6 Å². The maximum absolute atomic E-state index is 13.7. The molecule has 3 aromatic rings. The Hall–Kier alpha value is -3.51. The lowest BCUT2D eigenvalue weighted by atomic mass is 9.87. The number of Topliss-reactive ketones (excluding diaryl/α,β-unsaturated/α-hetero) is 1. The molecule has 1 aromatic carbocycles. The fourth-order valence-corrected chi connectivity index (χ4v) is 4.05. The molecule has 0 N–H and O–H groups in total. The average molecular weight is 457 g/mol. The number of carbonyl (C=O) groups excluding carboxylic acids is 1. The molecule has 0 atom stereocenters. The summed E-state index contributed by atoms with van der Waals surface area (Å²) < 4.78 is 41.9. The van der Waals surface area contributed by atoms with Crippen molar-refractivity contribution in [2.24, 2.45) is 5.41 Å². The van der Waals surface area contributed by atoms with E-state index in [0.717, 1.165) is 28.0 Å². The van der Waals surface area contributed by atoms with Gasteiger partial charge in [0.1, 0.15) is 16.3 Å². The number of para-hydroxylation sites is 1. The lowest BCUT2D eigenvalue weighted by molar-refractivity contribution is -0.137. The van der Waals surface area contributed by atoms with Crippen LogP contribution < -0.4 is 14.8 Å². The molecule has 5 nitrogen and oxygen atoms in total. The van der Waals surface area contributed by atoms with E-state index in [4.69, 9.17) is 0 Å². The number of aromatic nitrogens is 2. The van der Waals surface area contributed by atoms with E-state index in [-0.39, 0.29) is 14.8 Å². The number of carbonyl (C=O) groups is 1. The summed E-state index contributed by atoms with van der Waals surface area (Å²) in [7, 11) is 0. The molecule has 32 heavy (non-hydrogen) atoms. The molecule has 0 fully saturated rings. The number of rotatable bonds is 3. The Morgan fingerprint density at radius 3 is 2.31 bits per heavy atom. The third-order valence-electron chi connectivity index (χ3n) is 4.51. The van der Waals surface area contributed by atoms with Crippen molar-refractivity contribution < 1.29 is 18.0 Å². The van der Waals surface area contributed by atoms with Crippen LogP contribution in [-0.2, 0) is 11.0 Å². The summed E-state index contributed by atoms with van der Waals surface area (Å²) in [5, 5.41) is 9.75. The van der Waals surface area contributed by atoms with Crippen molar-refractivity contribution in [1.82, 2.24) is 9.55 Å². The summed E-state index contributed by atoms with van der Waals surface area (Å²) in [5.41, 5.74) is -2.99. The molecule has 0 amide bonds. The highest BCUT2D eigenvalue weighted by Crippen LogP contribution is 2.33. The van der Waals surface area contributed by atoms with E-state index in [2.05, 4.69) is 4.98 Å². The molecule has 0 aliphatic rings. The highest BCUT2D eigenvalue weighted by Gasteiger charge is 2.35. The quantitative estimate of drug-likeness (QED) is 0.604. The Balaban J connectivity index is 2.53. The Morgan fingerprint density at radius 1 is 1.12 bits per heavy atom. The second kappa shape index (κ2) is 8.55. The summed E-state index contributed by atoms with van der Waals surface area (Å²) in [6, 6.07) is 9.64. The third kappa shape index (κ3) is 4.55. The monoisotopic (exact) mass is 457 g/mol. The molecule has 0 aliphatic heterocycles. The van der Waals surface area contributed by atoms with Crippen LogP contribution in [0.5, 0.6) is 0 Å². The SMILES string of the molecule is CC(C)(C)C(=O)C(C#N)=c1sc(=Cc2ccncc2)c(=O)n1-c1ccccc1C(F)(F)F. The highest BCUT2D eigenvalue weighted by molar-refractivity contribution is 7.07. The molecule has 0 saturated carbocycles. The van der Waals surface area contributed by atoms with Crippen molar-refractivity contribution in [3.8, 4) is 11.8 Å². The van der Waals surface area contributed by atoms with Crippen LogP contribution >= 0.6 is 11.3 Å². The summed E-state index contributed by atoms with van der Waals surface area (Å²) in [5.74, 6) is -0.574. The number of hydrogen-bond acceptors (Lipinski definition) is 5. The van der Waals surface area contributed by atoms with Crippen molar-refractivity contribution in [2.75, 3.05) is 0 Å². The molecule has 0 spiro atoms. The molecule has 0 radical (unpaired) electrons. The van der Waals surface area contributed by atoms with Gasteiger partial charge >= 0.3 is 6.18 Å². The van der Waals surface area contributed by atoms with Gasteiger partial charge in [0.05, 0.1) is 15.8 Å². The largest absolute Gasteiger partial charge is 0.418 e.